The Labute approximate surface area is 192 Å². The Bertz CT molecular complexity index is 1160. The molecule has 1 amide bonds. The number of aromatic nitrogens is 3. The second kappa shape index (κ2) is 9.12. The Kier molecular flexibility index (Phi) is 5.90. The maximum Gasteiger partial charge on any atom is 0.253 e. The van der Waals surface area contributed by atoms with E-state index in [2.05, 4.69) is 52.7 Å². The van der Waals surface area contributed by atoms with Crippen LogP contribution < -0.4 is 0 Å². The van der Waals surface area contributed by atoms with Gasteiger partial charge in [0.05, 0.1) is 17.5 Å². The fraction of sp³-hybridized carbons (Fsp3) is 0.280. The molecule has 6 nitrogen and oxygen atoms in total. The maximum absolute atomic E-state index is 13.4. The van der Waals surface area contributed by atoms with Gasteiger partial charge in [-0.15, -0.1) is 10.2 Å². The first kappa shape index (κ1) is 20.7. The molecular formula is C25H25N5OS. The molecule has 2 unspecified atom stereocenters. The molecule has 1 aromatic heterocycles. The van der Waals surface area contributed by atoms with Crippen LogP contribution in [0.5, 0.6) is 0 Å². The molecule has 0 spiro atoms. The number of carbonyl (C=O) groups excluding carboxylic acids is 1. The number of carbonyl (C=O) groups is 1. The van der Waals surface area contributed by atoms with E-state index in [4.69, 9.17) is 5.10 Å². The Morgan fingerprint density at radius 1 is 1.12 bits per heavy atom. The number of nitrogens with zero attached hydrogens (tertiary/aromatic N) is 5. The zero-order valence-corrected chi connectivity index (χ0v) is 18.8. The van der Waals surface area contributed by atoms with Gasteiger partial charge in [-0.3, -0.25) is 4.79 Å². The van der Waals surface area contributed by atoms with Gasteiger partial charge >= 0.3 is 0 Å². The summed E-state index contributed by atoms with van der Waals surface area (Å²) in [5.74, 6) is 0.481. The summed E-state index contributed by atoms with van der Waals surface area (Å²) in [6.45, 7) is 0. The van der Waals surface area contributed by atoms with Gasteiger partial charge in [0, 0.05) is 13.0 Å². The standard InChI is InChI=1S/C25H25N5OS/c1-29-17-26-27-25(29)32-16-22(31)30-24(19-11-6-3-7-12-19)21-14-8-13-20(23(21)28-30)15-18-9-4-2-5-10-18/h2-7,9-12,15,17,21,24H,8,13-14,16H2,1H3/b20-15+. The third-order valence-corrected chi connectivity index (χ3v) is 7.05. The highest BCUT2D eigenvalue weighted by Gasteiger charge is 2.43. The molecule has 0 radical (unpaired) electrons. The Morgan fingerprint density at radius 3 is 2.59 bits per heavy atom. The molecule has 2 heterocycles. The molecule has 0 saturated heterocycles. The van der Waals surface area contributed by atoms with Crippen LogP contribution in [-0.2, 0) is 11.8 Å². The predicted octanol–water partition coefficient (Wildman–Crippen LogP) is 4.73. The van der Waals surface area contributed by atoms with E-state index in [0.29, 0.717) is 0 Å². The van der Waals surface area contributed by atoms with Crippen molar-refractivity contribution in [3.05, 3.63) is 83.7 Å². The molecule has 3 aromatic rings. The number of allylic oxidation sites excluding steroid dienone is 1. The van der Waals surface area contributed by atoms with Crippen LogP contribution in [-0.4, -0.2) is 37.1 Å². The largest absolute Gasteiger partial charge is 0.312 e. The summed E-state index contributed by atoms with van der Waals surface area (Å²) in [6, 6.07) is 20.6. The molecule has 162 valence electrons. The van der Waals surface area contributed by atoms with Crippen molar-refractivity contribution in [2.45, 2.75) is 30.5 Å². The Balaban J connectivity index is 1.47. The van der Waals surface area contributed by atoms with Gasteiger partial charge < -0.3 is 4.57 Å². The van der Waals surface area contributed by atoms with Crippen molar-refractivity contribution >= 4 is 29.5 Å². The number of aryl methyl sites for hydroxylation is 1. The zero-order valence-electron chi connectivity index (χ0n) is 18.0. The molecule has 2 atom stereocenters. The molecule has 1 aliphatic carbocycles. The Morgan fingerprint density at radius 2 is 1.88 bits per heavy atom. The van der Waals surface area contributed by atoms with Crippen LogP contribution >= 0.6 is 11.8 Å². The van der Waals surface area contributed by atoms with Crippen LogP contribution in [0.3, 0.4) is 0 Å². The molecule has 1 aliphatic heterocycles. The summed E-state index contributed by atoms with van der Waals surface area (Å²) < 4.78 is 1.82. The first-order valence-electron chi connectivity index (χ1n) is 10.9. The van der Waals surface area contributed by atoms with E-state index in [9.17, 15) is 4.79 Å². The molecule has 1 fully saturated rings. The van der Waals surface area contributed by atoms with E-state index in [1.165, 1.54) is 22.9 Å². The third-order valence-electron chi connectivity index (χ3n) is 6.03. The van der Waals surface area contributed by atoms with Gasteiger partial charge in [-0.25, -0.2) is 5.01 Å². The second-order valence-corrected chi connectivity index (χ2v) is 9.11. The fourth-order valence-corrected chi connectivity index (χ4v) is 5.28. The summed E-state index contributed by atoms with van der Waals surface area (Å²) in [4.78, 5) is 13.4. The van der Waals surface area contributed by atoms with Crippen molar-refractivity contribution in [2.75, 3.05) is 5.75 Å². The summed E-state index contributed by atoms with van der Waals surface area (Å²) in [5.41, 5.74) is 4.61. The summed E-state index contributed by atoms with van der Waals surface area (Å²) >= 11 is 1.40. The molecule has 0 N–H and O–H groups in total. The average molecular weight is 444 g/mol. The summed E-state index contributed by atoms with van der Waals surface area (Å²) in [5, 5.41) is 15.4. The maximum atomic E-state index is 13.4. The van der Waals surface area contributed by atoms with Crippen molar-refractivity contribution in [2.24, 2.45) is 18.1 Å². The van der Waals surface area contributed by atoms with Gasteiger partial charge in [-0.05, 0) is 42.0 Å². The van der Waals surface area contributed by atoms with E-state index < -0.39 is 0 Å². The van der Waals surface area contributed by atoms with Crippen molar-refractivity contribution in [1.82, 2.24) is 19.8 Å². The third kappa shape index (κ3) is 4.12. The monoisotopic (exact) mass is 443 g/mol. The van der Waals surface area contributed by atoms with E-state index >= 15 is 0 Å². The highest BCUT2D eigenvalue weighted by Crippen LogP contribution is 2.44. The molecule has 7 heteroatoms. The number of thioether (sulfide) groups is 1. The summed E-state index contributed by atoms with van der Waals surface area (Å²) in [7, 11) is 1.88. The van der Waals surface area contributed by atoms with Gasteiger partial charge in [0.15, 0.2) is 5.16 Å². The topological polar surface area (TPSA) is 63.4 Å². The van der Waals surface area contributed by atoms with Crippen LogP contribution in [0.2, 0.25) is 0 Å². The molecule has 0 bridgehead atoms. The lowest BCUT2D eigenvalue weighted by atomic mass is 9.77. The number of benzene rings is 2. The lowest BCUT2D eigenvalue weighted by Gasteiger charge is -2.29. The summed E-state index contributed by atoms with van der Waals surface area (Å²) in [6.07, 6.45) is 6.99. The lowest BCUT2D eigenvalue weighted by molar-refractivity contribution is -0.130. The lowest BCUT2D eigenvalue weighted by Crippen LogP contribution is -2.32. The Hall–Kier alpha value is -3.19. The normalized spacial score (nSPS) is 21.5. The number of amides is 1. The van der Waals surface area contributed by atoms with Gasteiger partial charge in [0.1, 0.15) is 6.33 Å². The second-order valence-electron chi connectivity index (χ2n) is 8.17. The highest BCUT2D eigenvalue weighted by molar-refractivity contribution is 7.99. The van der Waals surface area contributed by atoms with Gasteiger partial charge in [0.2, 0.25) is 0 Å². The molecule has 2 aromatic carbocycles. The van der Waals surface area contributed by atoms with E-state index in [1.807, 2.05) is 35.9 Å². The average Bonchev–Trinajstić information content (AvgIpc) is 3.43. The van der Waals surface area contributed by atoms with Crippen molar-refractivity contribution in [3.8, 4) is 0 Å². The predicted molar refractivity (Wildman–Crippen MR) is 127 cm³/mol. The number of hydrogen-bond donors (Lipinski definition) is 0. The first-order valence-corrected chi connectivity index (χ1v) is 11.9. The van der Waals surface area contributed by atoms with Crippen LogP contribution in [0.1, 0.15) is 36.4 Å². The highest BCUT2D eigenvalue weighted by atomic mass is 32.2. The van der Waals surface area contributed by atoms with Crippen LogP contribution in [0.4, 0.5) is 0 Å². The zero-order chi connectivity index (χ0) is 21.9. The smallest absolute Gasteiger partial charge is 0.253 e. The van der Waals surface area contributed by atoms with Crippen LogP contribution in [0.25, 0.3) is 6.08 Å². The molecular weight excluding hydrogens is 418 g/mol. The van der Waals surface area contributed by atoms with E-state index in [-0.39, 0.29) is 23.6 Å². The van der Waals surface area contributed by atoms with E-state index in [1.54, 1.807) is 11.3 Å². The van der Waals surface area contributed by atoms with Crippen LogP contribution in [0, 0.1) is 5.92 Å². The minimum atomic E-state index is -0.0710. The van der Waals surface area contributed by atoms with Gasteiger partial charge in [-0.1, -0.05) is 72.4 Å². The quantitative estimate of drug-likeness (QED) is 0.535. The SMILES string of the molecule is Cn1cnnc1SCC(=O)N1N=C2/C(=C/c3ccccc3)CCCC2C1c1ccccc1. The number of fused-ring (bicyclic) bond motifs is 1. The van der Waals surface area contributed by atoms with Gasteiger partial charge in [0.25, 0.3) is 5.91 Å². The van der Waals surface area contributed by atoms with Crippen LogP contribution in [0.15, 0.2) is 82.8 Å². The minimum Gasteiger partial charge on any atom is -0.312 e. The number of hydrazone groups is 1. The molecule has 2 aliphatic rings. The number of hydrogen-bond acceptors (Lipinski definition) is 5. The van der Waals surface area contributed by atoms with E-state index in [0.717, 1.165) is 35.7 Å². The van der Waals surface area contributed by atoms with Crippen molar-refractivity contribution in [3.63, 3.8) is 0 Å². The van der Waals surface area contributed by atoms with Crippen molar-refractivity contribution < 1.29 is 4.79 Å². The first-order chi connectivity index (χ1) is 15.7. The number of rotatable bonds is 5. The van der Waals surface area contributed by atoms with Gasteiger partial charge in [-0.2, -0.15) is 5.10 Å². The minimum absolute atomic E-state index is 0.00665. The fourth-order valence-electron chi connectivity index (χ4n) is 4.54. The molecule has 32 heavy (non-hydrogen) atoms. The molecule has 5 rings (SSSR count). The molecule has 1 saturated carbocycles. The van der Waals surface area contributed by atoms with Crippen molar-refractivity contribution in [1.29, 1.82) is 0 Å².